The molecular formula is C16H17ClO. The topological polar surface area (TPSA) is 20.2 Å². The molecule has 2 rings (SSSR count). The third kappa shape index (κ3) is 2.43. The fourth-order valence-corrected chi connectivity index (χ4v) is 2.35. The molecule has 0 aromatic heterocycles. The van der Waals surface area contributed by atoms with E-state index in [-0.39, 0.29) is 5.41 Å². The van der Waals surface area contributed by atoms with E-state index in [1.54, 1.807) is 6.07 Å². The largest absolute Gasteiger partial charge is 0.387 e. The molecule has 0 aliphatic rings. The summed E-state index contributed by atoms with van der Waals surface area (Å²) in [6.45, 7) is 4.05. The zero-order valence-corrected chi connectivity index (χ0v) is 11.4. The van der Waals surface area contributed by atoms with E-state index in [2.05, 4.69) is 0 Å². The number of aliphatic hydroxyl groups excluding tert-OH is 1. The lowest BCUT2D eigenvalue weighted by Crippen LogP contribution is -2.27. The van der Waals surface area contributed by atoms with Crippen molar-refractivity contribution in [1.82, 2.24) is 0 Å². The van der Waals surface area contributed by atoms with Gasteiger partial charge in [-0.25, -0.2) is 0 Å². The number of hydrogen-bond donors (Lipinski definition) is 1. The van der Waals surface area contributed by atoms with Gasteiger partial charge in [-0.15, -0.1) is 0 Å². The molecule has 18 heavy (non-hydrogen) atoms. The third-order valence-electron chi connectivity index (χ3n) is 3.40. The molecule has 0 amide bonds. The standard InChI is InChI=1S/C16H17ClO/c1-16(2,12-8-4-3-5-9-12)15(18)13-10-6-7-11-14(13)17/h3-11,15,18H,1-2H3. The molecule has 1 nitrogen and oxygen atoms in total. The maximum atomic E-state index is 10.6. The van der Waals surface area contributed by atoms with Crippen molar-refractivity contribution in [3.8, 4) is 0 Å². The van der Waals surface area contributed by atoms with E-state index in [1.165, 1.54) is 0 Å². The van der Waals surface area contributed by atoms with E-state index in [0.717, 1.165) is 11.1 Å². The Bertz CT molecular complexity index is 520. The van der Waals surface area contributed by atoms with Crippen LogP contribution in [0.25, 0.3) is 0 Å². The summed E-state index contributed by atoms with van der Waals surface area (Å²) in [6, 6.07) is 17.4. The molecule has 0 spiro atoms. The van der Waals surface area contributed by atoms with Gasteiger partial charge in [0.15, 0.2) is 0 Å². The quantitative estimate of drug-likeness (QED) is 0.870. The summed E-state index contributed by atoms with van der Waals surface area (Å²) in [5, 5.41) is 11.2. The van der Waals surface area contributed by atoms with Crippen molar-refractivity contribution in [3.63, 3.8) is 0 Å². The normalized spacial score (nSPS) is 13.3. The van der Waals surface area contributed by atoms with Crippen LogP contribution in [0, 0.1) is 0 Å². The highest BCUT2D eigenvalue weighted by atomic mass is 35.5. The molecule has 2 aromatic rings. The van der Waals surface area contributed by atoms with Crippen LogP contribution in [0.2, 0.25) is 5.02 Å². The highest BCUT2D eigenvalue weighted by molar-refractivity contribution is 6.31. The second kappa shape index (κ2) is 5.13. The predicted molar refractivity (Wildman–Crippen MR) is 75.9 cm³/mol. The lowest BCUT2D eigenvalue weighted by atomic mass is 9.77. The SMILES string of the molecule is CC(C)(c1ccccc1)C(O)c1ccccc1Cl. The van der Waals surface area contributed by atoms with Crippen molar-refractivity contribution < 1.29 is 5.11 Å². The fraction of sp³-hybridized carbons (Fsp3) is 0.250. The summed E-state index contributed by atoms with van der Waals surface area (Å²) in [4.78, 5) is 0. The number of rotatable bonds is 3. The highest BCUT2D eigenvalue weighted by Gasteiger charge is 2.31. The Morgan fingerprint density at radius 1 is 0.944 bits per heavy atom. The Morgan fingerprint density at radius 2 is 1.50 bits per heavy atom. The first-order valence-electron chi connectivity index (χ1n) is 6.01. The summed E-state index contributed by atoms with van der Waals surface area (Å²) in [7, 11) is 0. The molecule has 2 heteroatoms. The van der Waals surface area contributed by atoms with Gasteiger partial charge in [0.25, 0.3) is 0 Å². The van der Waals surface area contributed by atoms with E-state index in [4.69, 9.17) is 11.6 Å². The highest BCUT2D eigenvalue weighted by Crippen LogP contribution is 2.38. The van der Waals surface area contributed by atoms with Crippen LogP contribution in [0.3, 0.4) is 0 Å². The minimum Gasteiger partial charge on any atom is -0.387 e. The molecule has 0 saturated carbocycles. The van der Waals surface area contributed by atoms with Gasteiger partial charge in [0.05, 0.1) is 6.10 Å². The molecule has 0 heterocycles. The number of benzene rings is 2. The van der Waals surface area contributed by atoms with Gasteiger partial charge < -0.3 is 5.11 Å². The van der Waals surface area contributed by atoms with Gasteiger partial charge in [-0.05, 0) is 17.2 Å². The van der Waals surface area contributed by atoms with Crippen molar-refractivity contribution in [3.05, 3.63) is 70.7 Å². The average Bonchev–Trinajstić information content (AvgIpc) is 2.39. The summed E-state index contributed by atoms with van der Waals surface area (Å²) < 4.78 is 0. The lowest BCUT2D eigenvalue weighted by Gasteiger charge is -2.32. The van der Waals surface area contributed by atoms with E-state index in [1.807, 2.05) is 62.4 Å². The molecule has 0 bridgehead atoms. The van der Waals surface area contributed by atoms with Crippen molar-refractivity contribution in [2.45, 2.75) is 25.4 Å². The maximum Gasteiger partial charge on any atom is 0.0895 e. The monoisotopic (exact) mass is 260 g/mol. The van der Waals surface area contributed by atoms with Crippen LogP contribution in [0.5, 0.6) is 0 Å². The lowest BCUT2D eigenvalue weighted by molar-refractivity contribution is 0.100. The van der Waals surface area contributed by atoms with Crippen LogP contribution in [-0.4, -0.2) is 5.11 Å². The van der Waals surface area contributed by atoms with Gasteiger partial charge in [-0.3, -0.25) is 0 Å². The van der Waals surface area contributed by atoms with Gasteiger partial charge in [-0.1, -0.05) is 74.0 Å². The van der Waals surface area contributed by atoms with Crippen LogP contribution in [0.1, 0.15) is 31.1 Å². The molecule has 0 aliphatic heterocycles. The van der Waals surface area contributed by atoms with Crippen LogP contribution in [-0.2, 0) is 5.41 Å². The number of hydrogen-bond acceptors (Lipinski definition) is 1. The van der Waals surface area contributed by atoms with E-state index >= 15 is 0 Å². The van der Waals surface area contributed by atoms with Crippen molar-refractivity contribution >= 4 is 11.6 Å². The Morgan fingerprint density at radius 3 is 2.11 bits per heavy atom. The number of aliphatic hydroxyl groups is 1. The first-order valence-corrected chi connectivity index (χ1v) is 6.39. The second-order valence-electron chi connectivity index (χ2n) is 5.01. The smallest absolute Gasteiger partial charge is 0.0895 e. The zero-order chi connectivity index (χ0) is 13.2. The first kappa shape index (κ1) is 13.1. The van der Waals surface area contributed by atoms with Gasteiger partial charge in [0, 0.05) is 10.4 Å². The van der Waals surface area contributed by atoms with Crippen molar-refractivity contribution in [2.75, 3.05) is 0 Å². The zero-order valence-electron chi connectivity index (χ0n) is 10.6. The molecule has 94 valence electrons. The van der Waals surface area contributed by atoms with E-state index < -0.39 is 6.10 Å². The molecule has 0 aliphatic carbocycles. The van der Waals surface area contributed by atoms with Crippen LogP contribution in [0.15, 0.2) is 54.6 Å². The summed E-state index contributed by atoms with van der Waals surface area (Å²) in [5.74, 6) is 0. The summed E-state index contributed by atoms with van der Waals surface area (Å²) in [5.41, 5.74) is 1.48. The van der Waals surface area contributed by atoms with Gasteiger partial charge in [0.1, 0.15) is 0 Å². The summed E-state index contributed by atoms with van der Waals surface area (Å²) in [6.07, 6.45) is -0.631. The van der Waals surface area contributed by atoms with Crippen molar-refractivity contribution in [2.24, 2.45) is 0 Å². The Kier molecular flexibility index (Phi) is 3.74. The molecule has 1 N–H and O–H groups in total. The van der Waals surface area contributed by atoms with Crippen LogP contribution >= 0.6 is 11.6 Å². The first-order chi connectivity index (χ1) is 8.53. The average molecular weight is 261 g/mol. The fourth-order valence-electron chi connectivity index (χ4n) is 2.11. The van der Waals surface area contributed by atoms with Crippen LogP contribution in [0.4, 0.5) is 0 Å². The third-order valence-corrected chi connectivity index (χ3v) is 3.75. The minimum absolute atomic E-state index is 0.383. The molecule has 0 saturated heterocycles. The second-order valence-corrected chi connectivity index (χ2v) is 5.42. The van der Waals surface area contributed by atoms with E-state index in [0.29, 0.717) is 5.02 Å². The Hall–Kier alpha value is -1.31. The number of halogens is 1. The summed E-state index contributed by atoms with van der Waals surface area (Å²) >= 11 is 6.15. The maximum absolute atomic E-state index is 10.6. The predicted octanol–water partition coefficient (Wildman–Crippen LogP) is 4.35. The molecule has 1 atom stereocenters. The van der Waals surface area contributed by atoms with Gasteiger partial charge >= 0.3 is 0 Å². The molecule has 1 unspecified atom stereocenters. The minimum atomic E-state index is -0.631. The molecule has 2 aromatic carbocycles. The molecule has 0 radical (unpaired) electrons. The Labute approximate surface area is 113 Å². The van der Waals surface area contributed by atoms with Gasteiger partial charge in [0.2, 0.25) is 0 Å². The van der Waals surface area contributed by atoms with Gasteiger partial charge in [-0.2, -0.15) is 0 Å². The molecule has 0 fully saturated rings. The van der Waals surface area contributed by atoms with E-state index in [9.17, 15) is 5.11 Å². The van der Waals surface area contributed by atoms with Crippen LogP contribution < -0.4 is 0 Å². The Balaban J connectivity index is 2.39. The molecular weight excluding hydrogens is 244 g/mol. The van der Waals surface area contributed by atoms with Crippen molar-refractivity contribution in [1.29, 1.82) is 0 Å².